The standard InChI is InChI=1S/C9H6F3NS/c1-13-6-7-3-2-4-8(5-7)14-9(10,11)12/h2-5H,6H2. The summed E-state index contributed by atoms with van der Waals surface area (Å²) in [5, 5.41) is 0. The van der Waals surface area contributed by atoms with Crippen LogP contribution in [0, 0.1) is 6.57 Å². The number of nitrogens with zero attached hydrogens (tertiary/aromatic N) is 1. The number of alkyl halides is 3. The monoisotopic (exact) mass is 217 g/mol. The summed E-state index contributed by atoms with van der Waals surface area (Å²) in [6.45, 7) is 6.70. The third kappa shape index (κ3) is 3.71. The van der Waals surface area contributed by atoms with E-state index in [9.17, 15) is 13.2 Å². The number of hydrogen-bond donors (Lipinski definition) is 0. The van der Waals surface area contributed by atoms with Crippen molar-refractivity contribution < 1.29 is 13.2 Å². The van der Waals surface area contributed by atoms with Crippen LogP contribution < -0.4 is 0 Å². The minimum atomic E-state index is -4.27. The van der Waals surface area contributed by atoms with Crippen molar-refractivity contribution in [1.82, 2.24) is 0 Å². The second kappa shape index (κ2) is 4.38. The summed E-state index contributed by atoms with van der Waals surface area (Å²) in [5.74, 6) is 0. The van der Waals surface area contributed by atoms with Gasteiger partial charge < -0.3 is 4.85 Å². The average molecular weight is 217 g/mol. The van der Waals surface area contributed by atoms with E-state index in [4.69, 9.17) is 6.57 Å². The molecule has 0 bridgehead atoms. The van der Waals surface area contributed by atoms with Gasteiger partial charge in [-0.15, -0.1) is 0 Å². The predicted octanol–water partition coefficient (Wildman–Crippen LogP) is 3.72. The molecule has 0 aromatic heterocycles. The molecule has 0 saturated carbocycles. The summed E-state index contributed by atoms with van der Waals surface area (Å²) in [6.07, 6.45) is 0. The van der Waals surface area contributed by atoms with Crippen LogP contribution >= 0.6 is 11.8 Å². The fourth-order valence-electron chi connectivity index (χ4n) is 0.932. The summed E-state index contributed by atoms with van der Waals surface area (Å²) >= 11 is -0.162. The molecule has 1 aromatic carbocycles. The molecule has 0 unspecified atom stereocenters. The maximum atomic E-state index is 12.0. The molecule has 74 valence electrons. The lowest BCUT2D eigenvalue weighted by Gasteiger charge is -2.05. The van der Waals surface area contributed by atoms with Gasteiger partial charge in [-0.1, -0.05) is 12.1 Å². The topological polar surface area (TPSA) is 4.36 Å². The SMILES string of the molecule is [C-]#[N+]Cc1cccc(SC(F)(F)F)c1. The van der Waals surface area contributed by atoms with Crippen LogP contribution in [0.5, 0.6) is 0 Å². The number of rotatable bonds is 2. The first-order valence-corrected chi connectivity index (χ1v) is 4.51. The van der Waals surface area contributed by atoms with Crippen molar-refractivity contribution in [1.29, 1.82) is 0 Å². The highest BCUT2D eigenvalue weighted by molar-refractivity contribution is 8.00. The van der Waals surface area contributed by atoms with Crippen molar-refractivity contribution in [2.75, 3.05) is 0 Å². The molecule has 0 atom stereocenters. The molecule has 0 aliphatic heterocycles. The molecule has 0 N–H and O–H groups in total. The molecule has 0 fully saturated rings. The second-order valence-corrected chi connectivity index (χ2v) is 3.65. The molecule has 14 heavy (non-hydrogen) atoms. The van der Waals surface area contributed by atoms with Gasteiger partial charge >= 0.3 is 5.51 Å². The number of benzene rings is 1. The van der Waals surface area contributed by atoms with E-state index in [1.54, 1.807) is 6.07 Å². The van der Waals surface area contributed by atoms with Gasteiger partial charge in [0.2, 0.25) is 6.54 Å². The van der Waals surface area contributed by atoms with Crippen LogP contribution in [-0.4, -0.2) is 5.51 Å². The van der Waals surface area contributed by atoms with E-state index in [0.717, 1.165) is 0 Å². The van der Waals surface area contributed by atoms with E-state index >= 15 is 0 Å². The molecule has 0 amide bonds. The first-order valence-electron chi connectivity index (χ1n) is 3.69. The highest BCUT2D eigenvalue weighted by Gasteiger charge is 2.29. The predicted molar refractivity (Wildman–Crippen MR) is 48.7 cm³/mol. The number of hydrogen-bond acceptors (Lipinski definition) is 1. The first-order chi connectivity index (χ1) is 6.51. The Balaban J connectivity index is 2.79. The molecular weight excluding hydrogens is 211 g/mol. The van der Waals surface area contributed by atoms with Crippen LogP contribution in [0.1, 0.15) is 5.56 Å². The molecule has 0 spiro atoms. The van der Waals surface area contributed by atoms with Crippen molar-refractivity contribution in [2.45, 2.75) is 16.9 Å². The highest BCUT2D eigenvalue weighted by atomic mass is 32.2. The molecule has 0 heterocycles. The molecule has 1 aromatic rings. The first kappa shape index (κ1) is 10.9. The smallest absolute Gasteiger partial charge is 0.312 e. The summed E-state index contributed by atoms with van der Waals surface area (Å²) < 4.78 is 35.9. The van der Waals surface area contributed by atoms with Crippen molar-refractivity contribution >= 4 is 11.8 Å². The van der Waals surface area contributed by atoms with Crippen LogP contribution in [-0.2, 0) is 6.54 Å². The molecular formula is C9H6F3NS. The van der Waals surface area contributed by atoms with E-state index in [2.05, 4.69) is 4.85 Å². The Kier molecular flexibility index (Phi) is 3.42. The number of halogens is 3. The molecule has 1 rings (SSSR count). The zero-order valence-corrected chi connectivity index (χ0v) is 7.82. The van der Waals surface area contributed by atoms with E-state index in [1.165, 1.54) is 18.2 Å². The Hall–Kier alpha value is -1.15. The Labute approximate surface area is 83.7 Å². The fourth-order valence-corrected chi connectivity index (χ4v) is 1.56. The lowest BCUT2D eigenvalue weighted by molar-refractivity contribution is -0.0328. The third-order valence-electron chi connectivity index (χ3n) is 1.39. The summed E-state index contributed by atoms with van der Waals surface area (Å²) in [4.78, 5) is 3.23. The molecule has 0 saturated heterocycles. The van der Waals surface area contributed by atoms with Crippen molar-refractivity contribution in [3.63, 3.8) is 0 Å². The lowest BCUT2D eigenvalue weighted by atomic mass is 10.2. The third-order valence-corrected chi connectivity index (χ3v) is 2.11. The zero-order chi connectivity index (χ0) is 10.6. The van der Waals surface area contributed by atoms with Crippen molar-refractivity contribution in [3.05, 3.63) is 41.2 Å². The molecule has 1 nitrogen and oxygen atoms in total. The van der Waals surface area contributed by atoms with E-state index < -0.39 is 5.51 Å². The summed E-state index contributed by atoms with van der Waals surface area (Å²) in [6, 6.07) is 5.93. The van der Waals surface area contributed by atoms with Crippen molar-refractivity contribution in [2.24, 2.45) is 0 Å². The average Bonchev–Trinajstić information content (AvgIpc) is 2.02. The van der Waals surface area contributed by atoms with E-state index in [0.29, 0.717) is 5.56 Å². The zero-order valence-electron chi connectivity index (χ0n) is 7.01. The largest absolute Gasteiger partial charge is 0.446 e. The van der Waals surface area contributed by atoms with E-state index in [-0.39, 0.29) is 23.2 Å². The van der Waals surface area contributed by atoms with Gasteiger partial charge in [-0.2, -0.15) is 13.2 Å². The Bertz CT molecular complexity index is 354. The van der Waals surface area contributed by atoms with Gasteiger partial charge in [0.05, 0.1) is 0 Å². The fraction of sp³-hybridized carbons (Fsp3) is 0.222. The summed E-state index contributed by atoms with van der Waals surface area (Å²) in [7, 11) is 0. The maximum absolute atomic E-state index is 12.0. The van der Waals surface area contributed by atoms with Gasteiger partial charge in [-0.25, -0.2) is 6.57 Å². The van der Waals surface area contributed by atoms with Gasteiger partial charge in [-0.3, -0.25) is 0 Å². The van der Waals surface area contributed by atoms with Crippen molar-refractivity contribution in [3.8, 4) is 0 Å². The number of thioether (sulfide) groups is 1. The van der Waals surface area contributed by atoms with Crippen LogP contribution in [0.3, 0.4) is 0 Å². The summed E-state index contributed by atoms with van der Waals surface area (Å²) in [5.41, 5.74) is -3.66. The minimum Gasteiger partial charge on any atom is -0.312 e. The lowest BCUT2D eigenvalue weighted by Crippen LogP contribution is -1.99. The van der Waals surface area contributed by atoms with Gasteiger partial charge in [0.25, 0.3) is 0 Å². The highest BCUT2D eigenvalue weighted by Crippen LogP contribution is 2.36. The van der Waals surface area contributed by atoms with Crippen LogP contribution in [0.2, 0.25) is 0 Å². The second-order valence-electron chi connectivity index (χ2n) is 2.51. The Morgan fingerprint density at radius 1 is 1.36 bits per heavy atom. The molecule has 0 aliphatic rings. The van der Waals surface area contributed by atoms with E-state index in [1.807, 2.05) is 0 Å². The Morgan fingerprint density at radius 2 is 2.07 bits per heavy atom. The normalized spacial score (nSPS) is 11.0. The van der Waals surface area contributed by atoms with Crippen LogP contribution in [0.4, 0.5) is 13.2 Å². The Morgan fingerprint density at radius 3 is 2.64 bits per heavy atom. The van der Waals surface area contributed by atoms with Crippen LogP contribution in [0.15, 0.2) is 29.2 Å². The van der Waals surface area contributed by atoms with Gasteiger partial charge in [0.15, 0.2) is 0 Å². The quantitative estimate of drug-likeness (QED) is 0.539. The molecule has 5 heteroatoms. The minimum absolute atomic E-state index is 0.117. The van der Waals surface area contributed by atoms with Gasteiger partial charge in [-0.05, 0) is 23.9 Å². The van der Waals surface area contributed by atoms with Crippen LogP contribution in [0.25, 0.3) is 4.85 Å². The molecule has 0 radical (unpaired) electrons. The maximum Gasteiger partial charge on any atom is 0.446 e. The van der Waals surface area contributed by atoms with Gasteiger partial charge in [0, 0.05) is 10.5 Å². The molecule has 0 aliphatic carbocycles. The van der Waals surface area contributed by atoms with Gasteiger partial charge in [0.1, 0.15) is 0 Å².